The summed E-state index contributed by atoms with van der Waals surface area (Å²) in [7, 11) is 0. The van der Waals surface area contributed by atoms with E-state index in [1.54, 1.807) is 11.8 Å². The van der Waals surface area contributed by atoms with Gasteiger partial charge in [0.15, 0.2) is 0 Å². The number of piperidine rings is 1. The standard InChI is InChI=1S/C21H23ClN2OS.ClH/c22-16-5-9-20(10-6-16)26-13-14-1-3-15(4-2-14)21(25)24-19-11-17-7-8-18(12-19)23-17;/h1-6,9-10,17-19,23H,7-8,11-13H2,(H,24,25);1H. The predicted molar refractivity (Wildman–Crippen MR) is 115 cm³/mol. The van der Waals surface area contributed by atoms with Crippen molar-refractivity contribution in [3.05, 3.63) is 64.7 Å². The fourth-order valence-corrected chi connectivity index (χ4v) is 4.87. The minimum Gasteiger partial charge on any atom is -0.349 e. The minimum absolute atomic E-state index is 0. The van der Waals surface area contributed by atoms with E-state index in [0.29, 0.717) is 18.1 Å². The molecule has 0 aromatic heterocycles. The average Bonchev–Trinajstić information content (AvgIpc) is 3.00. The fraction of sp³-hybridized carbons (Fsp3) is 0.381. The molecule has 4 rings (SSSR count). The van der Waals surface area contributed by atoms with Gasteiger partial charge in [0, 0.05) is 39.4 Å². The van der Waals surface area contributed by atoms with Gasteiger partial charge in [-0.25, -0.2) is 0 Å². The van der Waals surface area contributed by atoms with Crippen LogP contribution in [0.3, 0.4) is 0 Å². The highest BCUT2D eigenvalue weighted by Gasteiger charge is 2.34. The quantitative estimate of drug-likeness (QED) is 0.660. The van der Waals surface area contributed by atoms with Gasteiger partial charge in [-0.05, 0) is 67.6 Å². The summed E-state index contributed by atoms with van der Waals surface area (Å²) >= 11 is 7.68. The van der Waals surface area contributed by atoms with Crippen molar-refractivity contribution in [1.82, 2.24) is 10.6 Å². The lowest BCUT2D eigenvalue weighted by Gasteiger charge is -2.29. The minimum atomic E-state index is 0. The normalized spacial score (nSPS) is 23.5. The number of amides is 1. The number of carbonyl (C=O) groups is 1. The van der Waals surface area contributed by atoms with E-state index in [1.165, 1.54) is 23.3 Å². The number of hydrogen-bond acceptors (Lipinski definition) is 3. The molecule has 144 valence electrons. The van der Waals surface area contributed by atoms with Crippen molar-refractivity contribution >= 4 is 41.7 Å². The molecule has 2 aliphatic heterocycles. The molecule has 0 radical (unpaired) electrons. The van der Waals surface area contributed by atoms with Gasteiger partial charge in [0.2, 0.25) is 0 Å². The third-order valence-electron chi connectivity index (χ3n) is 5.24. The van der Waals surface area contributed by atoms with E-state index >= 15 is 0 Å². The number of fused-ring (bicyclic) bond motifs is 2. The van der Waals surface area contributed by atoms with Crippen LogP contribution in [0, 0.1) is 0 Å². The second-order valence-electron chi connectivity index (χ2n) is 7.22. The molecule has 6 heteroatoms. The van der Waals surface area contributed by atoms with Crippen molar-refractivity contribution in [3.63, 3.8) is 0 Å². The molecular formula is C21H24Cl2N2OS. The summed E-state index contributed by atoms with van der Waals surface area (Å²) in [6, 6.07) is 17.3. The molecule has 0 aliphatic carbocycles. The van der Waals surface area contributed by atoms with Crippen LogP contribution in [0.4, 0.5) is 0 Å². The van der Waals surface area contributed by atoms with Crippen LogP contribution in [0.1, 0.15) is 41.6 Å². The second-order valence-corrected chi connectivity index (χ2v) is 8.70. The summed E-state index contributed by atoms with van der Waals surface area (Å²) in [5.74, 6) is 0.925. The van der Waals surface area contributed by atoms with Crippen LogP contribution in [0.5, 0.6) is 0 Å². The van der Waals surface area contributed by atoms with Gasteiger partial charge in [-0.3, -0.25) is 4.79 Å². The van der Waals surface area contributed by atoms with Crippen molar-refractivity contribution in [1.29, 1.82) is 0 Å². The van der Waals surface area contributed by atoms with Crippen molar-refractivity contribution < 1.29 is 4.79 Å². The number of carbonyl (C=O) groups excluding carboxylic acids is 1. The van der Waals surface area contributed by atoms with Gasteiger partial charge in [-0.2, -0.15) is 0 Å². The molecule has 2 heterocycles. The topological polar surface area (TPSA) is 41.1 Å². The predicted octanol–water partition coefficient (Wildman–Crippen LogP) is 5.07. The molecule has 2 N–H and O–H groups in total. The Balaban J connectivity index is 0.00000210. The molecule has 2 aromatic carbocycles. The Kier molecular flexibility index (Phi) is 7.10. The lowest BCUT2D eigenvalue weighted by Crippen LogP contribution is -2.48. The molecule has 2 aromatic rings. The Morgan fingerprint density at radius 3 is 2.30 bits per heavy atom. The van der Waals surface area contributed by atoms with Crippen LogP contribution in [0.25, 0.3) is 0 Å². The Morgan fingerprint density at radius 1 is 1.04 bits per heavy atom. The molecule has 2 atom stereocenters. The van der Waals surface area contributed by atoms with E-state index in [-0.39, 0.29) is 18.3 Å². The van der Waals surface area contributed by atoms with Crippen molar-refractivity contribution in [3.8, 4) is 0 Å². The third kappa shape index (κ3) is 5.41. The van der Waals surface area contributed by atoms with E-state index in [0.717, 1.165) is 29.2 Å². The Hall–Kier alpha value is -1.20. The summed E-state index contributed by atoms with van der Waals surface area (Å²) in [6.45, 7) is 0. The summed E-state index contributed by atoms with van der Waals surface area (Å²) in [6.07, 6.45) is 4.60. The molecular weight excluding hydrogens is 399 g/mol. The van der Waals surface area contributed by atoms with E-state index in [2.05, 4.69) is 10.6 Å². The van der Waals surface area contributed by atoms with Gasteiger partial charge < -0.3 is 10.6 Å². The van der Waals surface area contributed by atoms with Crippen LogP contribution in [0.2, 0.25) is 5.02 Å². The molecule has 2 bridgehead atoms. The highest BCUT2D eigenvalue weighted by molar-refractivity contribution is 7.98. The van der Waals surface area contributed by atoms with Gasteiger partial charge in [0.1, 0.15) is 0 Å². The van der Waals surface area contributed by atoms with Gasteiger partial charge in [-0.1, -0.05) is 23.7 Å². The van der Waals surface area contributed by atoms with Crippen LogP contribution in [0.15, 0.2) is 53.4 Å². The maximum atomic E-state index is 12.5. The Bertz CT molecular complexity index is 755. The molecule has 0 saturated carbocycles. The number of halogens is 2. The van der Waals surface area contributed by atoms with Crippen LogP contribution in [-0.2, 0) is 5.75 Å². The first-order chi connectivity index (χ1) is 12.7. The first kappa shape index (κ1) is 20.5. The maximum Gasteiger partial charge on any atom is 0.251 e. The summed E-state index contributed by atoms with van der Waals surface area (Å²) in [5.41, 5.74) is 1.96. The summed E-state index contributed by atoms with van der Waals surface area (Å²) in [4.78, 5) is 13.7. The van der Waals surface area contributed by atoms with Crippen LogP contribution >= 0.6 is 35.8 Å². The van der Waals surface area contributed by atoms with Crippen molar-refractivity contribution in [2.45, 2.75) is 54.5 Å². The molecule has 3 nitrogen and oxygen atoms in total. The summed E-state index contributed by atoms with van der Waals surface area (Å²) < 4.78 is 0. The summed E-state index contributed by atoms with van der Waals surface area (Å²) in [5, 5.41) is 7.59. The van der Waals surface area contributed by atoms with E-state index in [1.807, 2.05) is 48.5 Å². The number of benzene rings is 2. The zero-order valence-corrected chi connectivity index (χ0v) is 17.4. The number of rotatable bonds is 5. The SMILES string of the molecule is Cl.O=C(NC1CC2CCC(C1)N2)c1ccc(CSc2ccc(Cl)cc2)cc1. The maximum absolute atomic E-state index is 12.5. The molecule has 27 heavy (non-hydrogen) atoms. The highest BCUT2D eigenvalue weighted by atomic mass is 35.5. The Morgan fingerprint density at radius 2 is 1.67 bits per heavy atom. The molecule has 1 amide bonds. The number of nitrogens with one attached hydrogen (secondary N) is 2. The number of hydrogen-bond donors (Lipinski definition) is 2. The first-order valence-corrected chi connectivity index (χ1v) is 10.6. The zero-order valence-electron chi connectivity index (χ0n) is 15.0. The molecule has 2 aliphatic rings. The fourth-order valence-electron chi connectivity index (χ4n) is 3.89. The second kappa shape index (κ2) is 9.33. The Labute approximate surface area is 176 Å². The van der Waals surface area contributed by atoms with Gasteiger partial charge in [-0.15, -0.1) is 24.2 Å². The lowest BCUT2D eigenvalue weighted by molar-refractivity contribution is 0.0924. The van der Waals surface area contributed by atoms with Crippen molar-refractivity contribution in [2.24, 2.45) is 0 Å². The third-order valence-corrected chi connectivity index (χ3v) is 6.58. The van der Waals surface area contributed by atoms with Crippen LogP contribution < -0.4 is 10.6 Å². The lowest BCUT2D eigenvalue weighted by atomic mass is 9.99. The van der Waals surface area contributed by atoms with E-state index in [4.69, 9.17) is 11.6 Å². The average molecular weight is 423 g/mol. The molecule has 2 fully saturated rings. The molecule has 0 spiro atoms. The highest BCUT2D eigenvalue weighted by Crippen LogP contribution is 2.27. The first-order valence-electron chi connectivity index (χ1n) is 9.20. The van der Waals surface area contributed by atoms with Gasteiger partial charge in [0.05, 0.1) is 0 Å². The zero-order chi connectivity index (χ0) is 17.9. The van der Waals surface area contributed by atoms with Gasteiger partial charge >= 0.3 is 0 Å². The van der Waals surface area contributed by atoms with Gasteiger partial charge in [0.25, 0.3) is 5.91 Å². The van der Waals surface area contributed by atoms with E-state index < -0.39 is 0 Å². The van der Waals surface area contributed by atoms with E-state index in [9.17, 15) is 4.79 Å². The number of thioether (sulfide) groups is 1. The van der Waals surface area contributed by atoms with Crippen LogP contribution in [-0.4, -0.2) is 24.0 Å². The monoisotopic (exact) mass is 422 g/mol. The molecule has 2 unspecified atom stereocenters. The molecule has 2 saturated heterocycles. The largest absolute Gasteiger partial charge is 0.349 e. The smallest absolute Gasteiger partial charge is 0.251 e. The van der Waals surface area contributed by atoms with Crippen molar-refractivity contribution in [2.75, 3.05) is 0 Å².